The molecule has 1 spiro atoms. The Balaban J connectivity index is 1.92. The first-order chi connectivity index (χ1) is 5.43. The van der Waals surface area contributed by atoms with Crippen molar-refractivity contribution >= 4 is 0 Å². The lowest BCUT2D eigenvalue weighted by atomic mass is 9.84. The molecule has 0 aromatic rings. The zero-order chi connectivity index (χ0) is 7.05. The lowest BCUT2D eigenvalue weighted by molar-refractivity contribution is -0.00369. The Morgan fingerprint density at radius 2 is 2.18 bits per heavy atom. The lowest BCUT2D eigenvalue weighted by Crippen LogP contribution is -2.31. The van der Waals surface area contributed by atoms with Crippen molar-refractivity contribution in [3.63, 3.8) is 0 Å². The van der Waals surface area contributed by atoms with Gasteiger partial charge in [-0.25, -0.2) is 0 Å². The summed E-state index contributed by atoms with van der Waals surface area (Å²) in [6.07, 6.45) is 6.40. The van der Waals surface area contributed by atoms with Crippen molar-refractivity contribution < 1.29 is 4.74 Å². The molecule has 1 saturated heterocycles. The van der Waals surface area contributed by atoms with Gasteiger partial charge in [0.15, 0.2) is 0 Å². The summed E-state index contributed by atoms with van der Waals surface area (Å²) in [5.41, 5.74) is 0.656. The van der Waals surface area contributed by atoms with Crippen molar-refractivity contribution in [3.05, 3.63) is 12.2 Å². The molecule has 11 heavy (non-hydrogen) atoms. The maximum Gasteiger partial charge on any atom is 0.0536 e. The minimum Gasteiger partial charge on any atom is -0.381 e. The Kier molecular flexibility index (Phi) is 0.637. The smallest absolute Gasteiger partial charge is 0.0536 e. The van der Waals surface area contributed by atoms with Crippen LogP contribution in [0.15, 0.2) is 12.2 Å². The van der Waals surface area contributed by atoms with Crippen LogP contribution in [0.1, 0.15) is 6.42 Å². The van der Waals surface area contributed by atoms with Gasteiger partial charge in [-0.3, -0.25) is 0 Å². The van der Waals surface area contributed by atoms with Crippen LogP contribution in [0, 0.1) is 29.1 Å². The molecule has 2 saturated carbocycles. The fraction of sp³-hybridized carbons (Fsp3) is 0.800. The van der Waals surface area contributed by atoms with Gasteiger partial charge in [-0.15, -0.1) is 0 Å². The van der Waals surface area contributed by atoms with E-state index in [1.807, 2.05) is 0 Å². The second-order valence-electron chi connectivity index (χ2n) is 4.67. The van der Waals surface area contributed by atoms with Crippen molar-refractivity contribution in [2.24, 2.45) is 29.1 Å². The van der Waals surface area contributed by atoms with E-state index in [0.717, 1.165) is 36.9 Å². The van der Waals surface area contributed by atoms with E-state index in [0.29, 0.717) is 5.41 Å². The van der Waals surface area contributed by atoms with Gasteiger partial charge in [-0.1, -0.05) is 12.2 Å². The Morgan fingerprint density at radius 3 is 3.09 bits per heavy atom. The summed E-state index contributed by atoms with van der Waals surface area (Å²) in [5.74, 6) is 3.78. The first-order valence-electron chi connectivity index (χ1n) is 4.69. The molecular formula is C10H12O. The first-order valence-corrected chi connectivity index (χ1v) is 4.69. The van der Waals surface area contributed by atoms with Crippen molar-refractivity contribution in [2.75, 3.05) is 13.2 Å². The Hall–Kier alpha value is -0.300. The molecule has 4 rings (SSSR count). The molecule has 0 amide bonds. The largest absolute Gasteiger partial charge is 0.381 e. The van der Waals surface area contributed by atoms with Gasteiger partial charge in [-0.2, -0.15) is 0 Å². The molecule has 0 aromatic heterocycles. The minimum absolute atomic E-state index is 0.656. The van der Waals surface area contributed by atoms with Gasteiger partial charge in [0, 0.05) is 5.41 Å². The summed E-state index contributed by atoms with van der Waals surface area (Å²) in [6.45, 7) is 2.11. The van der Waals surface area contributed by atoms with E-state index >= 15 is 0 Å². The van der Waals surface area contributed by atoms with Crippen LogP contribution >= 0.6 is 0 Å². The van der Waals surface area contributed by atoms with E-state index < -0.39 is 0 Å². The van der Waals surface area contributed by atoms with Crippen LogP contribution in [-0.4, -0.2) is 13.2 Å². The zero-order valence-corrected chi connectivity index (χ0v) is 6.49. The normalized spacial score (nSPS) is 68.4. The molecule has 4 aliphatic rings. The predicted molar refractivity (Wildman–Crippen MR) is 41.0 cm³/mol. The molecule has 1 heterocycles. The van der Waals surface area contributed by atoms with Crippen LogP contribution in [-0.2, 0) is 4.74 Å². The summed E-state index contributed by atoms with van der Waals surface area (Å²) < 4.78 is 5.64. The first kappa shape index (κ1) is 5.36. The molecule has 3 aliphatic carbocycles. The number of fused-ring (bicyclic) bond motifs is 1. The van der Waals surface area contributed by atoms with Crippen LogP contribution < -0.4 is 0 Å². The molecule has 0 radical (unpaired) electrons. The minimum atomic E-state index is 0.656. The van der Waals surface area contributed by atoms with Gasteiger partial charge >= 0.3 is 0 Å². The zero-order valence-electron chi connectivity index (χ0n) is 6.49. The Bertz CT molecular complexity index is 258. The van der Waals surface area contributed by atoms with E-state index in [1.54, 1.807) is 0 Å². The van der Waals surface area contributed by atoms with Gasteiger partial charge < -0.3 is 4.74 Å². The second-order valence-corrected chi connectivity index (χ2v) is 4.67. The Morgan fingerprint density at radius 1 is 1.27 bits per heavy atom. The van der Waals surface area contributed by atoms with E-state index in [9.17, 15) is 0 Å². The average Bonchev–Trinajstić information content (AvgIpc) is 2.41. The van der Waals surface area contributed by atoms with E-state index in [4.69, 9.17) is 4.74 Å². The molecule has 5 atom stereocenters. The standard InChI is InChI=1S/C10H12O/c1-2-8-9-3-6-4-11-5-10(8,9)7(1)6/h1-2,6-9H,3-5H2. The summed E-state index contributed by atoms with van der Waals surface area (Å²) in [4.78, 5) is 0. The molecule has 3 fully saturated rings. The van der Waals surface area contributed by atoms with Crippen molar-refractivity contribution in [1.82, 2.24) is 0 Å². The Labute approximate surface area is 66.4 Å². The highest BCUT2D eigenvalue weighted by Gasteiger charge is 2.75. The van der Waals surface area contributed by atoms with Crippen molar-refractivity contribution in [1.29, 1.82) is 0 Å². The SMILES string of the molecule is C1=CC2C3CC4COCC23C14. The third kappa shape index (κ3) is 0.365. The number of ether oxygens (including phenoxy) is 1. The molecule has 5 unspecified atom stereocenters. The maximum absolute atomic E-state index is 5.64. The second kappa shape index (κ2) is 1.31. The van der Waals surface area contributed by atoms with Crippen LogP contribution in [0.5, 0.6) is 0 Å². The van der Waals surface area contributed by atoms with Crippen LogP contribution in [0.25, 0.3) is 0 Å². The monoisotopic (exact) mass is 148 g/mol. The van der Waals surface area contributed by atoms with Crippen LogP contribution in [0.2, 0.25) is 0 Å². The highest BCUT2D eigenvalue weighted by atomic mass is 16.5. The average molecular weight is 148 g/mol. The highest BCUT2D eigenvalue weighted by molar-refractivity contribution is 5.35. The molecule has 1 aliphatic heterocycles. The molecule has 0 aromatic carbocycles. The number of rotatable bonds is 0. The third-order valence-electron chi connectivity index (χ3n) is 4.53. The summed E-state index contributed by atoms with van der Waals surface area (Å²) >= 11 is 0. The topological polar surface area (TPSA) is 9.23 Å². The molecule has 58 valence electrons. The van der Waals surface area contributed by atoms with E-state index in [-0.39, 0.29) is 0 Å². The van der Waals surface area contributed by atoms with Gasteiger partial charge in [0.05, 0.1) is 13.2 Å². The van der Waals surface area contributed by atoms with Gasteiger partial charge in [-0.05, 0) is 30.1 Å². The fourth-order valence-electron chi connectivity index (χ4n) is 4.07. The summed E-state index contributed by atoms with van der Waals surface area (Å²) in [7, 11) is 0. The number of hydrogen-bond acceptors (Lipinski definition) is 1. The van der Waals surface area contributed by atoms with E-state index in [1.165, 1.54) is 6.42 Å². The summed E-state index contributed by atoms with van der Waals surface area (Å²) in [6, 6.07) is 0. The van der Waals surface area contributed by atoms with Gasteiger partial charge in [0.25, 0.3) is 0 Å². The van der Waals surface area contributed by atoms with Crippen molar-refractivity contribution in [3.8, 4) is 0 Å². The predicted octanol–water partition coefficient (Wildman–Crippen LogP) is 1.45. The number of allylic oxidation sites excluding steroid dienone is 2. The molecule has 0 N–H and O–H groups in total. The van der Waals surface area contributed by atoms with Crippen molar-refractivity contribution in [2.45, 2.75) is 6.42 Å². The number of hydrogen-bond donors (Lipinski definition) is 0. The third-order valence-corrected chi connectivity index (χ3v) is 4.53. The van der Waals surface area contributed by atoms with Crippen LogP contribution in [0.3, 0.4) is 0 Å². The van der Waals surface area contributed by atoms with Crippen LogP contribution in [0.4, 0.5) is 0 Å². The molecule has 1 heteroatoms. The molecule has 1 nitrogen and oxygen atoms in total. The summed E-state index contributed by atoms with van der Waals surface area (Å²) in [5, 5.41) is 0. The highest BCUT2D eigenvalue weighted by Crippen LogP contribution is 2.77. The fourth-order valence-corrected chi connectivity index (χ4v) is 4.07. The van der Waals surface area contributed by atoms with Gasteiger partial charge in [0.2, 0.25) is 0 Å². The maximum atomic E-state index is 5.64. The lowest BCUT2D eigenvalue weighted by Gasteiger charge is -2.30. The quantitative estimate of drug-likeness (QED) is 0.472. The van der Waals surface area contributed by atoms with E-state index in [2.05, 4.69) is 12.2 Å². The molecule has 2 bridgehead atoms. The van der Waals surface area contributed by atoms with Gasteiger partial charge in [0.1, 0.15) is 0 Å². The molecular weight excluding hydrogens is 136 g/mol.